The molecule has 0 amide bonds. The largest absolute Gasteiger partial charge is 0.336 e. The summed E-state index contributed by atoms with van der Waals surface area (Å²) in [5, 5.41) is 3.50. The van der Waals surface area contributed by atoms with Crippen LogP contribution in [0.5, 0.6) is 0 Å². The average Bonchev–Trinajstić information content (AvgIpc) is 2.94. The van der Waals surface area contributed by atoms with Crippen molar-refractivity contribution >= 4 is 0 Å². The van der Waals surface area contributed by atoms with Gasteiger partial charge >= 0.3 is 0 Å². The summed E-state index contributed by atoms with van der Waals surface area (Å²) in [6.45, 7) is 2.77. The van der Waals surface area contributed by atoms with E-state index in [2.05, 4.69) is 35.4 Å². The topological polar surface area (TPSA) is 29.9 Å². The minimum atomic E-state index is -0.237. The molecule has 0 saturated carbocycles. The van der Waals surface area contributed by atoms with Crippen LogP contribution < -0.4 is 5.32 Å². The molecule has 1 heterocycles. The quantitative estimate of drug-likeness (QED) is 0.778. The number of nitrogens with one attached hydrogen (secondary N) is 1. The van der Waals surface area contributed by atoms with Crippen LogP contribution in [-0.2, 0) is 13.6 Å². The van der Waals surface area contributed by atoms with E-state index in [4.69, 9.17) is 0 Å². The van der Waals surface area contributed by atoms with E-state index in [0.29, 0.717) is 6.54 Å². The van der Waals surface area contributed by atoms with Crippen molar-refractivity contribution in [3.63, 3.8) is 0 Å². The second-order valence-corrected chi connectivity index (χ2v) is 5.75. The van der Waals surface area contributed by atoms with Gasteiger partial charge in [-0.05, 0) is 30.2 Å². The number of hydrogen-bond donors (Lipinski definition) is 1. The molecule has 1 N–H and O–H groups in total. The molecule has 118 valence electrons. The summed E-state index contributed by atoms with van der Waals surface area (Å²) in [5.74, 6) is 0.627. The van der Waals surface area contributed by atoms with Gasteiger partial charge in [-0.25, -0.2) is 9.37 Å². The molecular weight excluding hydrogens is 289 g/mol. The lowest BCUT2D eigenvalue weighted by molar-refractivity contribution is 0.551. The molecule has 0 unspecified atom stereocenters. The first kappa shape index (κ1) is 15.4. The normalized spacial score (nSPS) is 12.3. The van der Waals surface area contributed by atoms with Crippen LogP contribution in [0.1, 0.15) is 28.6 Å². The molecule has 0 aliphatic rings. The van der Waals surface area contributed by atoms with E-state index in [-0.39, 0.29) is 11.9 Å². The van der Waals surface area contributed by atoms with Crippen LogP contribution in [0, 0.1) is 12.7 Å². The van der Waals surface area contributed by atoms with Crippen LogP contribution in [0.15, 0.2) is 60.9 Å². The van der Waals surface area contributed by atoms with Gasteiger partial charge in [0.2, 0.25) is 0 Å². The predicted octanol–water partition coefficient (Wildman–Crippen LogP) is 3.75. The van der Waals surface area contributed by atoms with E-state index in [0.717, 1.165) is 11.4 Å². The van der Waals surface area contributed by atoms with Gasteiger partial charge in [0.1, 0.15) is 11.6 Å². The Morgan fingerprint density at radius 3 is 2.70 bits per heavy atom. The molecule has 0 saturated heterocycles. The highest BCUT2D eigenvalue weighted by Crippen LogP contribution is 2.22. The highest BCUT2D eigenvalue weighted by Gasteiger charge is 2.18. The summed E-state index contributed by atoms with van der Waals surface area (Å²) < 4.78 is 15.6. The lowest BCUT2D eigenvalue weighted by atomic mass is 10.0. The van der Waals surface area contributed by atoms with E-state index in [1.807, 2.05) is 29.9 Å². The van der Waals surface area contributed by atoms with Crippen molar-refractivity contribution in [1.82, 2.24) is 14.9 Å². The average molecular weight is 309 g/mol. The number of nitrogens with zero attached hydrogens (tertiary/aromatic N) is 2. The molecule has 0 aliphatic heterocycles. The van der Waals surface area contributed by atoms with Gasteiger partial charge in [-0.1, -0.05) is 42.0 Å². The molecule has 3 aromatic rings. The fraction of sp³-hybridized carbons (Fsp3) is 0.211. The summed E-state index contributed by atoms with van der Waals surface area (Å²) in [7, 11) is 1.95. The summed E-state index contributed by atoms with van der Waals surface area (Å²) in [4.78, 5) is 4.43. The molecule has 23 heavy (non-hydrogen) atoms. The third-order valence-electron chi connectivity index (χ3n) is 3.89. The third kappa shape index (κ3) is 3.66. The molecule has 0 radical (unpaired) electrons. The smallest absolute Gasteiger partial charge is 0.130 e. The summed E-state index contributed by atoms with van der Waals surface area (Å²) in [6.07, 6.45) is 3.66. The molecule has 4 heteroatoms. The van der Waals surface area contributed by atoms with Crippen LogP contribution in [0.3, 0.4) is 0 Å². The van der Waals surface area contributed by atoms with Gasteiger partial charge in [0.25, 0.3) is 0 Å². The number of rotatable bonds is 5. The summed E-state index contributed by atoms with van der Waals surface area (Å²) in [5.41, 5.74) is 3.29. The van der Waals surface area contributed by atoms with Crippen molar-refractivity contribution in [2.75, 3.05) is 0 Å². The molecule has 3 nitrogen and oxygen atoms in total. The maximum absolute atomic E-state index is 13.6. The minimum absolute atomic E-state index is 0.161. The van der Waals surface area contributed by atoms with Gasteiger partial charge in [0.15, 0.2) is 0 Å². The second-order valence-electron chi connectivity index (χ2n) is 5.75. The van der Waals surface area contributed by atoms with Crippen molar-refractivity contribution in [3.8, 4) is 0 Å². The molecule has 0 bridgehead atoms. The molecule has 0 aliphatic carbocycles. The Kier molecular flexibility index (Phi) is 4.53. The Hall–Kier alpha value is -2.46. The van der Waals surface area contributed by atoms with E-state index in [9.17, 15) is 4.39 Å². The van der Waals surface area contributed by atoms with Crippen molar-refractivity contribution in [2.45, 2.75) is 19.5 Å². The number of aromatic nitrogens is 2. The zero-order valence-electron chi connectivity index (χ0n) is 13.3. The first-order chi connectivity index (χ1) is 11.1. The number of benzene rings is 2. The summed E-state index contributed by atoms with van der Waals surface area (Å²) >= 11 is 0. The SMILES string of the molecule is Cc1cccc(CN[C@@H](c2cccc(F)c2)c2nccn2C)c1. The van der Waals surface area contributed by atoms with Gasteiger partial charge in [-0.3, -0.25) is 5.32 Å². The highest BCUT2D eigenvalue weighted by molar-refractivity contribution is 5.27. The standard InChI is InChI=1S/C19H20FN3/c1-14-5-3-6-15(11-14)13-22-18(19-21-9-10-23(19)2)16-7-4-8-17(20)12-16/h3-12,18,22H,13H2,1-2H3/t18-/m0/s1. The third-order valence-corrected chi connectivity index (χ3v) is 3.89. The predicted molar refractivity (Wildman–Crippen MR) is 89.5 cm³/mol. The molecule has 2 aromatic carbocycles. The van der Waals surface area contributed by atoms with Crippen molar-refractivity contribution in [2.24, 2.45) is 7.05 Å². The molecule has 0 fully saturated rings. The molecule has 3 rings (SSSR count). The first-order valence-corrected chi connectivity index (χ1v) is 7.65. The minimum Gasteiger partial charge on any atom is -0.336 e. The van der Waals surface area contributed by atoms with Gasteiger partial charge in [-0.2, -0.15) is 0 Å². The maximum Gasteiger partial charge on any atom is 0.130 e. The summed E-state index contributed by atoms with van der Waals surface area (Å²) in [6, 6.07) is 14.9. The van der Waals surface area contributed by atoms with Gasteiger partial charge in [0, 0.05) is 26.0 Å². The lowest BCUT2D eigenvalue weighted by Crippen LogP contribution is -2.25. The van der Waals surface area contributed by atoms with Crippen molar-refractivity contribution < 1.29 is 4.39 Å². The second kappa shape index (κ2) is 6.75. The monoisotopic (exact) mass is 309 g/mol. The van der Waals surface area contributed by atoms with E-state index in [1.165, 1.54) is 17.2 Å². The number of aryl methyl sites for hydroxylation is 2. The molecule has 1 atom stereocenters. The number of imidazole rings is 1. The Bertz CT molecular complexity index is 795. The Balaban J connectivity index is 1.88. The van der Waals surface area contributed by atoms with E-state index >= 15 is 0 Å². The Morgan fingerprint density at radius 2 is 2.00 bits per heavy atom. The van der Waals surface area contributed by atoms with E-state index < -0.39 is 0 Å². The van der Waals surface area contributed by atoms with E-state index in [1.54, 1.807) is 18.3 Å². The van der Waals surface area contributed by atoms with Crippen LogP contribution in [0.2, 0.25) is 0 Å². The number of hydrogen-bond acceptors (Lipinski definition) is 2. The Labute approximate surface area is 135 Å². The highest BCUT2D eigenvalue weighted by atomic mass is 19.1. The van der Waals surface area contributed by atoms with Crippen LogP contribution in [-0.4, -0.2) is 9.55 Å². The zero-order chi connectivity index (χ0) is 16.2. The lowest BCUT2D eigenvalue weighted by Gasteiger charge is -2.19. The fourth-order valence-electron chi connectivity index (χ4n) is 2.74. The Morgan fingerprint density at radius 1 is 1.17 bits per heavy atom. The zero-order valence-corrected chi connectivity index (χ0v) is 13.3. The van der Waals surface area contributed by atoms with Gasteiger partial charge in [-0.15, -0.1) is 0 Å². The van der Waals surface area contributed by atoms with Crippen LogP contribution >= 0.6 is 0 Å². The first-order valence-electron chi connectivity index (χ1n) is 7.65. The fourth-order valence-corrected chi connectivity index (χ4v) is 2.74. The van der Waals surface area contributed by atoms with Gasteiger partial charge in [0.05, 0.1) is 6.04 Å². The number of halogens is 1. The van der Waals surface area contributed by atoms with Crippen LogP contribution in [0.4, 0.5) is 4.39 Å². The molecular formula is C19H20FN3. The molecule has 1 aromatic heterocycles. The van der Waals surface area contributed by atoms with Crippen molar-refractivity contribution in [3.05, 3.63) is 89.3 Å². The van der Waals surface area contributed by atoms with Crippen molar-refractivity contribution in [1.29, 1.82) is 0 Å². The maximum atomic E-state index is 13.6. The van der Waals surface area contributed by atoms with Gasteiger partial charge < -0.3 is 4.57 Å². The molecule has 0 spiro atoms. The van der Waals surface area contributed by atoms with Crippen LogP contribution in [0.25, 0.3) is 0 Å².